The predicted molar refractivity (Wildman–Crippen MR) is 133 cm³/mol. The highest BCUT2D eigenvalue weighted by Crippen LogP contribution is 2.06. The molecule has 2 aromatic rings. The summed E-state index contributed by atoms with van der Waals surface area (Å²) in [5.74, 6) is 2.30. The molecule has 30 heavy (non-hydrogen) atoms. The molecule has 0 aliphatic carbocycles. The first kappa shape index (κ1) is 24.8. The SMILES string of the molecule is C/C=c1/nc(C(=O)CNCC(CSCCC)NCCCc2ccccc2)s/c1=C/C. The minimum atomic E-state index is 0.0697. The van der Waals surface area contributed by atoms with Gasteiger partial charge in [0, 0.05) is 18.3 Å². The molecule has 0 fully saturated rings. The van der Waals surface area contributed by atoms with Gasteiger partial charge in [-0.15, -0.1) is 11.3 Å². The van der Waals surface area contributed by atoms with E-state index < -0.39 is 0 Å². The van der Waals surface area contributed by atoms with Crippen LogP contribution in [-0.4, -0.2) is 47.9 Å². The van der Waals surface area contributed by atoms with Crippen LogP contribution in [0.4, 0.5) is 0 Å². The lowest BCUT2D eigenvalue weighted by Gasteiger charge is -2.19. The fourth-order valence-corrected chi connectivity index (χ4v) is 5.02. The van der Waals surface area contributed by atoms with Crippen LogP contribution in [0, 0.1) is 0 Å². The second-order valence-electron chi connectivity index (χ2n) is 7.22. The van der Waals surface area contributed by atoms with E-state index in [9.17, 15) is 4.79 Å². The third kappa shape index (κ3) is 8.72. The Morgan fingerprint density at radius 2 is 2.03 bits per heavy atom. The van der Waals surface area contributed by atoms with Gasteiger partial charge in [0.05, 0.1) is 16.4 Å². The van der Waals surface area contributed by atoms with Crippen LogP contribution in [0.15, 0.2) is 30.3 Å². The maximum atomic E-state index is 12.5. The monoisotopic (exact) mass is 445 g/mol. The van der Waals surface area contributed by atoms with Gasteiger partial charge in [-0.25, -0.2) is 4.98 Å². The van der Waals surface area contributed by atoms with E-state index in [1.54, 1.807) is 0 Å². The van der Waals surface area contributed by atoms with Gasteiger partial charge in [0.1, 0.15) is 0 Å². The normalized spacial score (nSPS) is 13.7. The van der Waals surface area contributed by atoms with E-state index in [4.69, 9.17) is 0 Å². The fraction of sp³-hybridized carbons (Fsp3) is 0.500. The summed E-state index contributed by atoms with van der Waals surface area (Å²) in [5.41, 5.74) is 1.38. The van der Waals surface area contributed by atoms with Crippen LogP contribution < -0.4 is 20.5 Å². The Hall–Kier alpha value is -1.47. The summed E-state index contributed by atoms with van der Waals surface area (Å²) < 4.78 is 1.06. The van der Waals surface area contributed by atoms with Gasteiger partial charge in [-0.3, -0.25) is 4.79 Å². The maximum absolute atomic E-state index is 12.5. The molecule has 2 rings (SSSR count). The Kier molecular flexibility index (Phi) is 12.0. The quantitative estimate of drug-likeness (QED) is 0.345. The predicted octanol–water partition coefficient (Wildman–Crippen LogP) is 3.25. The van der Waals surface area contributed by atoms with Gasteiger partial charge >= 0.3 is 0 Å². The van der Waals surface area contributed by atoms with Crippen molar-refractivity contribution in [2.75, 3.05) is 31.1 Å². The van der Waals surface area contributed by atoms with Crippen molar-refractivity contribution in [3.05, 3.63) is 50.8 Å². The molecule has 0 aliphatic heterocycles. The van der Waals surface area contributed by atoms with E-state index >= 15 is 0 Å². The number of Topliss-reactive ketones (excluding diaryl/α,β-unsaturated/α-hetero) is 1. The van der Waals surface area contributed by atoms with Crippen molar-refractivity contribution < 1.29 is 4.79 Å². The van der Waals surface area contributed by atoms with Crippen LogP contribution in [0.25, 0.3) is 12.2 Å². The number of aromatic nitrogens is 1. The highest BCUT2D eigenvalue weighted by Gasteiger charge is 2.13. The maximum Gasteiger partial charge on any atom is 0.205 e. The number of rotatable bonds is 14. The number of hydrogen-bond acceptors (Lipinski definition) is 6. The van der Waals surface area contributed by atoms with E-state index in [-0.39, 0.29) is 5.78 Å². The van der Waals surface area contributed by atoms with Gasteiger partial charge in [0.15, 0.2) is 5.01 Å². The molecule has 6 heteroatoms. The molecule has 0 radical (unpaired) electrons. The molecule has 1 atom stereocenters. The minimum Gasteiger partial charge on any atom is -0.312 e. The summed E-state index contributed by atoms with van der Waals surface area (Å²) in [4.78, 5) is 17.0. The summed E-state index contributed by atoms with van der Waals surface area (Å²) in [6.45, 7) is 8.26. The molecule has 0 amide bonds. The van der Waals surface area contributed by atoms with Crippen molar-refractivity contribution in [3.63, 3.8) is 0 Å². The lowest BCUT2D eigenvalue weighted by atomic mass is 10.1. The third-order valence-electron chi connectivity index (χ3n) is 4.72. The zero-order chi connectivity index (χ0) is 21.6. The molecule has 0 bridgehead atoms. The minimum absolute atomic E-state index is 0.0697. The molecule has 4 nitrogen and oxygen atoms in total. The summed E-state index contributed by atoms with van der Waals surface area (Å²) in [6.07, 6.45) is 7.36. The Morgan fingerprint density at radius 3 is 2.70 bits per heavy atom. The Morgan fingerprint density at radius 1 is 1.23 bits per heavy atom. The van der Waals surface area contributed by atoms with Gasteiger partial charge in [-0.05, 0) is 51.0 Å². The van der Waals surface area contributed by atoms with Gasteiger partial charge in [-0.2, -0.15) is 11.8 Å². The van der Waals surface area contributed by atoms with E-state index in [2.05, 4.69) is 52.9 Å². The van der Waals surface area contributed by atoms with Crippen molar-refractivity contribution in [2.45, 2.75) is 46.1 Å². The standard InChI is InChI=1S/C24H35N3OS2/c1-4-15-29-18-20(26-14-10-13-19-11-8-7-9-12-19)16-25-17-22(28)24-27-21(5-2)23(6-3)30-24/h5-9,11-12,20,25-26H,4,10,13-18H2,1-3H3/b21-5+,23-6+. The molecule has 0 saturated carbocycles. The number of aryl methyl sites for hydroxylation is 1. The molecule has 1 unspecified atom stereocenters. The highest BCUT2D eigenvalue weighted by atomic mass is 32.2. The molecule has 164 valence electrons. The van der Waals surface area contributed by atoms with E-state index in [0.29, 0.717) is 17.6 Å². The number of benzene rings is 1. The van der Waals surface area contributed by atoms with Gasteiger partial charge in [-0.1, -0.05) is 49.4 Å². The van der Waals surface area contributed by atoms with Crippen LogP contribution >= 0.6 is 23.1 Å². The van der Waals surface area contributed by atoms with E-state index in [0.717, 1.165) is 41.6 Å². The summed E-state index contributed by atoms with van der Waals surface area (Å²) in [5, 5.41) is 8.53. The van der Waals surface area contributed by atoms with Crippen LogP contribution in [0.5, 0.6) is 0 Å². The number of thioether (sulfide) groups is 1. The average Bonchev–Trinajstić information content (AvgIpc) is 3.20. The number of thiazole rings is 1. The van der Waals surface area contributed by atoms with E-state index in [1.807, 2.05) is 37.8 Å². The number of nitrogens with one attached hydrogen (secondary N) is 2. The van der Waals surface area contributed by atoms with Crippen LogP contribution in [0.1, 0.15) is 49.0 Å². The highest BCUT2D eigenvalue weighted by molar-refractivity contribution is 7.99. The van der Waals surface area contributed by atoms with Crippen molar-refractivity contribution in [2.24, 2.45) is 0 Å². The number of carbonyl (C=O) groups excluding carboxylic acids is 1. The zero-order valence-corrected chi connectivity index (χ0v) is 20.1. The molecule has 2 N–H and O–H groups in total. The average molecular weight is 446 g/mol. The van der Waals surface area contributed by atoms with Gasteiger partial charge in [0.2, 0.25) is 5.78 Å². The van der Waals surface area contributed by atoms with E-state index in [1.165, 1.54) is 29.1 Å². The second kappa shape index (κ2) is 14.5. The lowest BCUT2D eigenvalue weighted by Crippen LogP contribution is -2.42. The summed E-state index contributed by atoms with van der Waals surface area (Å²) >= 11 is 3.45. The van der Waals surface area contributed by atoms with Crippen LogP contribution in [0.2, 0.25) is 0 Å². The largest absolute Gasteiger partial charge is 0.312 e. The molecule has 0 aliphatic rings. The topological polar surface area (TPSA) is 54.0 Å². The van der Waals surface area contributed by atoms with Crippen LogP contribution in [0.3, 0.4) is 0 Å². The van der Waals surface area contributed by atoms with Crippen molar-refractivity contribution in [3.8, 4) is 0 Å². The molecule has 0 saturated heterocycles. The van der Waals surface area contributed by atoms with Crippen molar-refractivity contribution >= 4 is 41.0 Å². The van der Waals surface area contributed by atoms with Gasteiger partial charge in [0.25, 0.3) is 0 Å². The lowest BCUT2D eigenvalue weighted by molar-refractivity contribution is 0.0990. The first-order valence-electron chi connectivity index (χ1n) is 10.9. The fourth-order valence-electron chi connectivity index (χ4n) is 3.12. The Bertz CT molecular complexity index is 833. The smallest absolute Gasteiger partial charge is 0.205 e. The zero-order valence-electron chi connectivity index (χ0n) is 18.4. The first-order chi connectivity index (χ1) is 14.7. The molecule has 1 heterocycles. The number of carbonyl (C=O) groups is 1. The second-order valence-corrected chi connectivity index (χ2v) is 9.40. The number of ketones is 1. The molecule has 1 aromatic heterocycles. The van der Waals surface area contributed by atoms with Gasteiger partial charge < -0.3 is 10.6 Å². The number of nitrogens with zero attached hydrogens (tertiary/aromatic N) is 1. The summed E-state index contributed by atoms with van der Waals surface area (Å²) in [7, 11) is 0. The molecular formula is C24H35N3OS2. The summed E-state index contributed by atoms with van der Waals surface area (Å²) in [6, 6.07) is 11.0. The Labute approximate surface area is 189 Å². The van der Waals surface area contributed by atoms with Crippen molar-refractivity contribution in [1.29, 1.82) is 0 Å². The Balaban J connectivity index is 1.78. The number of hydrogen-bond donors (Lipinski definition) is 2. The molecule has 1 aromatic carbocycles. The van der Waals surface area contributed by atoms with Crippen LogP contribution in [-0.2, 0) is 6.42 Å². The molecule has 0 spiro atoms. The van der Waals surface area contributed by atoms with Crippen molar-refractivity contribution in [1.82, 2.24) is 15.6 Å². The third-order valence-corrected chi connectivity index (χ3v) is 7.23. The first-order valence-corrected chi connectivity index (χ1v) is 12.8. The molecular weight excluding hydrogens is 410 g/mol.